The fraction of sp³-hybridized carbons (Fsp3) is 1.00. The summed E-state index contributed by atoms with van der Waals surface area (Å²) in [4.78, 5) is 0. The van der Waals surface area contributed by atoms with Crippen molar-refractivity contribution in [3.8, 4) is 0 Å². The first-order valence-corrected chi connectivity index (χ1v) is 2.78. The largest absolute Gasteiger partial charge is 0.147 e. The fourth-order valence-corrected chi connectivity index (χ4v) is 0. The first-order valence-electron chi connectivity index (χ1n) is 0.535. The standard InChI is InChI=1S/CH2Br2.4ClH.Ti.Zn/c2-1-3;;;;;;/h1H2;4*1H;;. The van der Waals surface area contributed by atoms with Gasteiger partial charge >= 0.3 is 0 Å². The Bertz CT molecular complexity index is 18.5. The van der Waals surface area contributed by atoms with Gasteiger partial charge in [0.1, 0.15) is 0 Å². The molecule has 0 bridgehead atoms. The molecule has 0 atom stereocenters. The van der Waals surface area contributed by atoms with Crippen LogP contribution >= 0.6 is 81.5 Å². The van der Waals surface area contributed by atoms with Crippen molar-refractivity contribution in [2.75, 3.05) is 4.24 Å². The quantitative estimate of drug-likeness (QED) is 0.406. The predicted octanol–water partition coefficient (Wildman–Crippen LogP) is 3.42. The Labute approximate surface area is 125 Å². The molecule has 0 aromatic carbocycles. The molecule has 0 aliphatic rings. The molecule has 0 spiro atoms. The van der Waals surface area contributed by atoms with Crippen LogP contribution in [0.1, 0.15) is 0 Å². The molecular formula is CH6Br2Cl4TiZn. The summed E-state index contributed by atoms with van der Waals surface area (Å²) in [5, 5.41) is 0. The summed E-state index contributed by atoms with van der Waals surface area (Å²) in [6.45, 7) is 0. The molecule has 0 aromatic heterocycles. The van der Waals surface area contributed by atoms with Crippen LogP contribution in [0.5, 0.6) is 0 Å². The zero-order valence-electron chi connectivity index (χ0n) is 4.30. The Kier molecular flexibility index (Phi) is 385. The van der Waals surface area contributed by atoms with Gasteiger partial charge in [0.2, 0.25) is 0 Å². The summed E-state index contributed by atoms with van der Waals surface area (Å²) in [5.74, 6) is 0. The van der Waals surface area contributed by atoms with Gasteiger partial charge in [-0.15, -0.1) is 49.6 Å². The van der Waals surface area contributed by atoms with Gasteiger partial charge in [-0.1, -0.05) is 31.9 Å². The van der Waals surface area contributed by atoms with E-state index in [9.17, 15) is 0 Å². The molecule has 0 saturated carbocycles. The minimum atomic E-state index is 0. The van der Waals surface area contributed by atoms with E-state index in [1.54, 1.807) is 0 Å². The van der Waals surface area contributed by atoms with Gasteiger partial charge in [-0.2, -0.15) is 0 Å². The predicted molar refractivity (Wildman–Crippen MR) is 51.7 cm³/mol. The summed E-state index contributed by atoms with van der Waals surface area (Å²) < 4.78 is 0.875. The van der Waals surface area contributed by atoms with Crippen molar-refractivity contribution in [1.29, 1.82) is 0 Å². The van der Waals surface area contributed by atoms with Gasteiger partial charge < -0.3 is 0 Å². The second kappa shape index (κ2) is 63.1. The van der Waals surface area contributed by atoms with E-state index in [4.69, 9.17) is 0 Å². The van der Waals surface area contributed by atoms with Crippen LogP contribution in [0.15, 0.2) is 0 Å². The molecule has 9 heavy (non-hydrogen) atoms. The van der Waals surface area contributed by atoms with Crippen LogP contribution in [0.4, 0.5) is 0 Å². The average molecular weight is 433 g/mol. The second-order valence-corrected chi connectivity index (χ2v) is 2.73. The normalized spacial score (nSPS) is 2.00. The first-order chi connectivity index (χ1) is 1.41. The van der Waals surface area contributed by atoms with Gasteiger partial charge in [-0.3, -0.25) is 0 Å². The summed E-state index contributed by atoms with van der Waals surface area (Å²) >= 11 is 6.12. The Morgan fingerprint density at radius 2 is 0.778 bits per heavy atom. The summed E-state index contributed by atoms with van der Waals surface area (Å²) in [6, 6.07) is 0. The van der Waals surface area contributed by atoms with E-state index in [0.29, 0.717) is 0 Å². The van der Waals surface area contributed by atoms with Crippen LogP contribution in [-0.4, -0.2) is 4.24 Å². The van der Waals surface area contributed by atoms with E-state index >= 15 is 0 Å². The van der Waals surface area contributed by atoms with Gasteiger partial charge in [0, 0.05) is 41.2 Å². The van der Waals surface area contributed by atoms with E-state index in [1.165, 1.54) is 0 Å². The topological polar surface area (TPSA) is 0 Å². The van der Waals surface area contributed by atoms with Crippen molar-refractivity contribution >= 4 is 81.5 Å². The van der Waals surface area contributed by atoms with E-state index < -0.39 is 0 Å². The van der Waals surface area contributed by atoms with Crippen molar-refractivity contribution in [2.24, 2.45) is 0 Å². The zero-order chi connectivity index (χ0) is 2.71. The molecule has 0 aliphatic carbocycles. The Balaban J connectivity index is -0.00000000133. The molecule has 58 valence electrons. The zero-order valence-corrected chi connectivity index (χ0v) is 15.3. The number of hydrogen-bond acceptors (Lipinski definition) is 0. The van der Waals surface area contributed by atoms with Crippen LogP contribution in [0.25, 0.3) is 0 Å². The van der Waals surface area contributed by atoms with Crippen LogP contribution in [0.2, 0.25) is 0 Å². The van der Waals surface area contributed by atoms with Crippen LogP contribution < -0.4 is 0 Å². The summed E-state index contributed by atoms with van der Waals surface area (Å²) in [5.41, 5.74) is 0. The SMILES string of the molecule is BrCBr.Cl.Cl.Cl.Cl.[Ti].[Zn]. The van der Waals surface area contributed by atoms with E-state index in [1.807, 2.05) is 0 Å². The molecule has 0 aliphatic heterocycles. The molecule has 0 heterocycles. The van der Waals surface area contributed by atoms with Crippen molar-refractivity contribution in [2.45, 2.75) is 0 Å². The van der Waals surface area contributed by atoms with Crippen molar-refractivity contribution in [1.82, 2.24) is 0 Å². The maximum atomic E-state index is 3.06. The molecule has 0 radical (unpaired) electrons. The third-order valence-corrected chi connectivity index (χ3v) is 0. The molecule has 0 fully saturated rings. The molecule has 0 rings (SSSR count). The Morgan fingerprint density at radius 3 is 0.778 bits per heavy atom. The molecule has 0 amide bonds. The fourth-order valence-electron chi connectivity index (χ4n) is 0. The molecule has 0 saturated heterocycles. The monoisotopic (exact) mass is 428 g/mol. The minimum absolute atomic E-state index is 0. The minimum Gasteiger partial charge on any atom is -0.147 e. The third-order valence-electron chi connectivity index (χ3n) is 0. The summed E-state index contributed by atoms with van der Waals surface area (Å²) in [6.07, 6.45) is 0. The Morgan fingerprint density at radius 1 is 0.778 bits per heavy atom. The molecule has 0 aromatic rings. The average Bonchev–Trinajstić information content (AvgIpc) is 0.918. The van der Waals surface area contributed by atoms with Gasteiger partial charge in [-0.25, -0.2) is 0 Å². The summed E-state index contributed by atoms with van der Waals surface area (Å²) in [7, 11) is 0. The van der Waals surface area contributed by atoms with Crippen molar-refractivity contribution < 1.29 is 41.2 Å². The molecular weight excluding hydrogens is 427 g/mol. The number of rotatable bonds is 0. The molecule has 0 unspecified atom stereocenters. The number of halogens is 6. The van der Waals surface area contributed by atoms with Gasteiger partial charge in [0.05, 0.1) is 4.24 Å². The van der Waals surface area contributed by atoms with E-state index in [2.05, 4.69) is 31.9 Å². The van der Waals surface area contributed by atoms with Crippen molar-refractivity contribution in [3.63, 3.8) is 0 Å². The van der Waals surface area contributed by atoms with E-state index in [0.717, 1.165) is 4.24 Å². The smallest absolute Gasteiger partial charge is 0.0588 e. The van der Waals surface area contributed by atoms with Gasteiger partial charge in [0.15, 0.2) is 0 Å². The van der Waals surface area contributed by atoms with Crippen LogP contribution in [-0.2, 0) is 41.2 Å². The first kappa shape index (κ1) is 54.9. The molecule has 0 nitrogen and oxygen atoms in total. The van der Waals surface area contributed by atoms with Crippen LogP contribution in [0.3, 0.4) is 0 Å². The molecule has 8 heteroatoms. The second-order valence-electron chi connectivity index (χ2n) is 0.101. The Hall–Kier alpha value is 3.46. The van der Waals surface area contributed by atoms with Gasteiger partial charge in [-0.05, 0) is 0 Å². The van der Waals surface area contributed by atoms with Crippen molar-refractivity contribution in [3.05, 3.63) is 0 Å². The van der Waals surface area contributed by atoms with Crippen LogP contribution in [0, 0.1) is 0 Å². The number of hydrogen-bond donors (Lipinski definition) is 0. The maximum Gasteiger partial charge on any atom is 0.0588 e. The van der Waals surface area contributed by atoms with E-state index in [-0.39, 0.29) is 90.8 Å². The number of alkyl halides is 2. The third kappa shape index (κ3) is 85.7. The maximum absolute atomic E-state index is 3.06. The molecule has 0 N–H and O–H groups in total. The van der Waals surface area contributed by atoms with Gasteiger partial charge in [0.25, 0.3) is 0 Å².